The largest absolute Gasteiger partial charge is 0.382 e. The van der Waals surface area contributed by atoms with Crippen LogP contribution in [0, 0.1) is 6.92 Å². The summed E-state index contributed by atoms with van der Waals surface area (Å²) in [6.07, 6.45) is 1.79. The SMILES string of the molecule is Cc1ccnc(-n2nc(N)cc2C(C)(C)C)c1. The average Bonchev–Trinajstić information content (AvgIpc) is 2.60. The maximum Gasteiger partial charge on any atom is 0.153 e. The van der Waals surface area contributed by atoms with Gasteiger partial charge in [0.05, 0.1) is 5.69 Å². The van der Waals surface area contributed by atoms with Gasteiger partial charge >= 0.3 is 0 Å². The number of pyridine rings is 1. The number of anilines is 1. The van der Waals surface area contributed by atoms with E-state index in [-0.39, 0.29) is 5.41 Å². The average molecular weight is 230 g/mol. The molecular weight excluding hydrogens is 212 g/mol. The zero-order chi connectivity index (χ0) is 12.6. The van der Waals surface area contributed by atoms with Gasteiger partial charge < -0.3 is 5.73 Å². The summed E-state index contributed by atoms with van der Waals surface area (Å²) in [6.45, 7) is 8.44. The minimum atomic E-state index is -0.0178. The molecule has 0 saturated carbocycles. The Labute approximate surface area is 101 Å². The third-order valence-electron chi connectivity index (χ3n) is 2.61. The Morgan fingerprint density at radius 3 is 2.53 bits per heavy atom. The Morgan fingerprint density at radius 2 is 1.94 bits per heavy atom. The van der Waals surface area contributed by atoms with Crippen molar-refractivity contribution in [1.29, 1.82) is 0 Å². The summed E-state index contributed by atoms with van der Waals surface area (Å²) in [5.74, 6) is 1.34. The molecule has 90 valence electrons. The molecule has 0 fully saturated rings. The van der Waals surface area contributed by atoms with Crippen molar-refractivity contribution in [3.05, 3.63) is 35.7 Å². The first-order chi connectivity index (χ1) is 7.88. The van der Waals surface area contributed by atoms with Crippen molar-refractivity contribution in [2.75, 3.05) is 5.73 Å². The van der Waals surface area contributed by atoms with Crippen molar-refractivity contribution in [1.82, 2.24) is 14.8 Å². The molecule has 2 aromatic rings. The molecule has 4 nitrogen and oxygen atoms in total. The molecule has 2 heterocycles. The number of hydrogen-bond acceptors (Lipinski definition) is 3. The Morgan fingerprint density at radius 1 is 1.24 bits per heavy atom. The van der Waals surface area contributed by atoms with Crippen molar-refractivity contribution in [3.63, 3.8) is 0 Å². The highest BCUT2D eigenvalue weighted by Crippen LogP contribution is 2.26. The first-order valence-corrected chi connectivity index (χ1v) is 5.67. The standard InChI is InChI=1S/C13H18N4/c1-9-5-6-15-12(7-9)17-10(13(2,3)4)8-11(14)16-17/h5-8H,1-4H3,(H2,14,16). The molecule has 0 aliphatic carbocycles. The molecule has 2 aromatic heterocycles. The number of nitrogens with zero attached hydrogens (tertiary/aromatic N) is 3. The number of nitrogen functional groups attached to an aromatic ring is 1. The van der Waals surface area contributed by atoms with Crippen molar-refractivity contribution in [2.24, 2.45) is 0 Å². The lowest BCUT2D eigenvalue weighted by Gasteiger charge is -2.19. The first kappa shape index (κ1) is 11.6. The number of rotatable bonds is 1. The van der Waals surface area contributed by atoms with Gasteiger partial charge in [0.1, 0.15) is 5.82 Å². The smallest absolute Gasteiger partial charge is 0.153 e. The van der Waals surface area contributed by atoms with Crippen molar-refractivity contribution in [3.8, 4) is 5.82 Å². The minimum absolute atomic E-state index is 0.0178. The van der Waals surface area contributed by atoms with Crippen LogP contribution in [0.1, 0.15) is 32.0 Å². The van der Waals surface area contributed by atoms with Crippen molar-refractivity contribution in [2.45, 2.75) is 33.1 Å². The van der Waals surface area contributed by atoms with E-state index in [0.29, 0.717) is 5.82 Å². The molecule has 0 aliphatic rings. The summed E-state index contributed by atoms with van der Waals surface area (Å²) in [7, 11) is 0. The number of nitrogens with two attached hydrogens (primary N) is 1. The summed E-state index contributed by atoms with van der Waals surface area (Å²) in [4.78, 5) is 4.34. The Balaban J connectivity index is 2.60. The normalized spacial score (nSPS) is 11.8. The summed E-state index contributed by atoms with van der Waals surface area (Å²) in [6, 6.07) is 5.87. The highest BCUT2D eigenvalue weighted by atomic mass is 15.3. The molecule has 0 aromatic carbocycles. The van der Waals surface area contributed by atoms with E-state index in [1.165, 1.54) is 0 Å². The van der Waals surface area contributed by atoms with Crippen LogP contribution < -0.4 is 5.73 Å². The van der Waals surface area contributed by atoms with E-state index in [0.717, 1.165) is 17.1 Å². The van der Waals surface area contributed by atoms with Gasteiger partial charge in [0.15, 0.2) is 5.82 Å². The second kappa shape index (κ2) is 3.87. The molecule has 0 aliphatic heterocycles. The van der Waals surface area contributed by atoms with Crippen LogP contribution in [0.3, 0.4) is 0 Å². The molecular formula is C13H18N4. The summed E-state index contributed by atoms with van der Waals surface area (Å²) >= 11 is 0. The van der Waals surface area contributed by atoms with E-state index < -0.39 is 0 Å². The molecule has 2 rings (SSSR count). The van der Waals surface area contributed by atoms with E-state index in [9.17, 15) is 0 Å². The second-order valence-corrected chi connectivity index (χ2v) is 5.31. The van der Waals surface area contributed by atoms with Gasteiger partial charge in [-0.1, -0.05) is 20.8 Å². The lowest BCUT2D eigenvalue weighted by atomic mass is 9.92. The van der Waals surface area contributed by atoms with Crippen molar-refractivity contribution < 1.29 is 0 Å². The van der Waals surface area contributed by atoms with Crippen LogP contribution >= 0.6 is 0 Å². The molecule has 0 amide bonds. The number of aryl methyl sites for hydroxylation is 1. The van der Waals surface area contributed by atoms with Gasteiger partial charge in [0.2, 0.25) is 0 Å². The third kappa shape index (κ3) is 2.30. The molecule has 2 N–H and O–H groups in total. The molecule has 0 spiro atoms. The number of aromatic nitrogens is 3. The van der Waals surface area contributed by atoms with Gasteiger partial charge in [0.25, 0.3) is 0 Å². The molecule has 0 radical (unpaired) electrons. The number of hydrogen-bond donors (Lipinski definition) is 1. The fourth-order valence-electron chi connectivity index (χ4n) is 1.74. The minimum Gasteiger partial charge on any atom is -0.382 e. The predicted octanol–water partition coefficient (Wildman–Crippen LogP) is 2.46. The molecule has 17 heavy (non-hydrogen) atoms. The quantitative estimate of drug-likeness (QED) is 0.818. The van der Waals surface area contributed by atoms with E-state index in [2.05, 4.69) is 30.9 Å². The lowest BCUT2D eigenvalue weighted by Crippen LogP contribution is -2.18. The van der Waals surface area contributed by atoms with Gasteiger partial charge in [-0.25, -0.2) is 9.67 Å². The molecule has 0 unspecified atom stereocenters. The van der Waals surface area contributed by atoms with E-state index in [4.69, 9.17) is 5.73 Å². The van der Waals surface area contributed by atoms with Gasteiger partial charge in [0, 0.05) is 17.7 Å². The second-order valence-electron chi connectivity index (χ2n) is 5.31. The van der Waals surface area contributed by atoms with Crippen LogP contribution in [0.4, 0.5) is 5.82 Å². The van der Waals surface area contributed by atoms with Gasteiger partial charge in [-0.2, -0.15) is 0 Å². The van der Waals surface area contributed by atoms with Crippen LogP contribution in [0.25, 0.3) is 5.82 Å². The Kier molecular flexibility index (Phi) is 2.65. The van der Waals surface area contributed by atoms with E-state index in [1.54, 1.807) is 6.20 Å². The Bertz CT molecular complexity index is 535. The highest BCUT2D eigenvalue weighted by molar-refractivity contribution is 5.38. The van der Waals surface area contributed by atoms with Crippen LogP contribution in [-0.2, 0) is 5.41 Å². The highest BCUT2D eigenvalue weighted by Gasteiger charge is 2.21. The van der Waals surface area contributed by atoms with E-state index >= 15 is 0 Å². The molecule has 0 atom stereocenters. The predicted molar refractivity (Wildman–Crippen MR) is 69.2 cm³/mol. The lowest BCUT2D eigenvalue weighted by molar-refractivity contribution is 0.541. The Hall–Kier alpha value is -1.84. The van der Waals surface area contributed by atoms with Gasteiger partial charge in [-0.05, 0) is 24.6 Å². The summed E-state index contributed by atoms with van der Waals surface area (Å²) in [5.41, 5.74) is 7.99. The zero-order valence-electron chi connectivity index (χ0n) is 10.7. The maximum atomic E-state index is 5.79. The van der Waals surface area contributed by atoms with Crippen LogP contribution in [0.15, 0.2) is 24.4 Å². The molecule has 4 heteroatoms. The van der Waals surface area contributed by atoms with Crippen LogP contribution in [-0.4, -0.2) is 14.8 Å². The topological polar surface area (TPSA) is 56.7 Å². The van der Waals surface area contributed by atoms with E-state index in [1.807, 2.05) is 29.8 Å². The van der Waals surface area contributed by atoms with Crippen LogP contribution in [0.5, 0.6) is 0 Å². The monoisotopic (exact) mass is 230 g/mol. The van der Waals surface area contributed by atoms with Gasteiger partial charge in [-0.3, -0.25) is 0 Å². The molecule has 0 saturated heterocycles. The zero-order valence-corrected chi connectivity index (χ0v) is 10.7. The summed E-state index contributed by atoms with van der Waals surface area (Å²) < 4.78 is 1.82. The van der Waals surface area contributed by atoms with Crippen LogP contribution in [0.2, 0.25) is 0 Å². The first-order valence-electron chi connectivity index (χ1n) is 5.67. The fourth-order valence-corrected chi connectivity index (χ4v) is 1.74. The summed E-state index contributed by atoms with van der Waals surface area (Å²) in [5, 5.41) is 4.32. The van der Waals surface area contributed by atoms with Crippen molar-refractivity contribution >= 4 is 5.82 Å². The fraction of sp³-hybridized carbons (Fsp3) is 0.385. The van der Waals surface area contributed by atoms with Gasteiger partial charge in [-0.15, -0.1) is 5.10 Å². The maximum absolute atomic E-state index is 5.79. The third-order valence-corrected chi connectivity index (χ3v) is 2.61. The molecule has 0 bridgehead atoms.